The number of benzene rings is 1. The molecule has 112 valence electrons. The number of carbonyl (C=O) groups is 1. The molecule has 0 saturated carbocycles. The topological polar surface area (TPSA) is 38.3 Å². The van der Waals surface area contributed by atoms with Gasteiger partial charge in [-0.25, -0.2) is 4.79 Å². The Morgan fingerprint density at radius 1 is 1.00 bits per heavy atom. The fourth-order valence-electron chi connectivity index (χ4n) is 2.46. The van der Waals surface area contributed by atoms with Gasteiger partial charge in [-0.2, -0.15) is 0 Å². The molecule has 0 radical (unpaired) electrons. The first-order chi connectivity index (χ1) is 8.96. The highest BCUT2D eigenvalue weighted by Crippen LogP contribution is 2.36. The summed E-state index contributed by atoms with van der Waals surface area (Å²) >= 11 is 0. The van der Waals surface area contributed by atoms with E-state index >= 15 is 0 Å². The summed E-state index contributed by atoms with van der Waals surface area (Å²) in [4.78, 5) is 11.5. The van der Waals surface area contributed by atoms with Crippen LogP contribution in [0.4, 0.5) is 4.79 Å². The van der Waals surface area contributed by atoms with Gasteiger partial charge in [0.1, 0.15) is 5.75 Å². The van der Waals surface area contributed by atoms with Gasteiger partial charge in [-0.15, -0.1) is 0 Å². The van der Waals surface area contributed by atoms with Crippen LogP contribution in [-0.4, -0.2) is 13.1 Å². The molecule has 1 aromatic carbocycles. The third-order valence-corrected chi connectivity index (χ3v) is 3.41. The molecule has 0 aromatic heterocycles. The van der Waals surface area contributed by atoms with Crippen LogP contribution in [0.5, 0.6) is 5.75 Å². The molecule has 0 spiro atoms. The highest BCUT2D eigenvalue weighted by Gasteiger charge is 2.25. The predicted molar refractivity (Wildman–Crippen MR) is 83.7 cm³/mol. The van der Waals surface area contributed by atoms with Gasteiger partial charge in [-0.1, -0.05) is 41.5 Å². The van der Waals surface area contributed by atoms with Crippen molar-refractivity contribution in [1.29, 1.82) is 0 Å². The van der Waals surface area contributed by atoms with Gasteiger partial charge in [0.05, 0.1) is 0 Å². The second kappa shape index (κ2) is 5.47. The summed E-state index contributed by atoms with van der Waals surface area (Å²) in [5.74, 6) is 0.602. The Balaban J connectivity index is 3.46. The molecular formula is C17H27NO2. The lowest BCUT2D eigenvalue weighted by molar-refractivity contribution is 0.202. The Labute approximate surface area is 122 Å². The van der Waals surface area contributed by atoms with Crippen molar-refractivity contribution in [2.24, 2.45) is 0 Å². The molecule has 0 heterocycles. The van der Waals surface area contributed by atoms with E-state index in [9.17, 15) is 4.79 Å². The molecule has 3 nitrogen and oxygen atoms in total. The molecule has 1 amide bonds. The highest BCUT2D eigenvalue weighted by molar-refractivity contribution is 5.70. The minimum atomic E-state index is -0.437. The summed E-state index contributed by atoms with van der Waals surface area (Å²) in [6.07, 6.45) is -0.437. The number of hydrogen-bond acceptors (Lipinski definition) is 2. The van der Waals surface area contributed by atoms with Crippen molar-refractivity contribution in [1.82, 2.24) is 5.32 Å². The van der Waals surface area contributed by atoms with Crippen LogP contribution in [0.1, 0.15) is 58.2 Å². The number of amides is 1. The van der Waals surface area contributed by atoms with E-state index in [1.165, 1.54) is 16.7 Å². The summed E-state index contributed by atoms with van der Waals surface area (Å²) in [6.45, 7) is 15.2. The molecule has 0 aliphatic carbocycles. The van der Waals surface area contributed by atoms with E-state index in [0.717, 1.165) is 0 Å². The molecule has 0 aliphatic heterocycles. The van der Waals surface area contributed by atoms with Crippen LogP contribution in [0.15, 0.2) is 12.1 Å². The Hall–Kier alpha value is -1.51. The van der Waals surface area contributed by atoms with Crippen LogP contribution in [0.25, 0.3) is 0 Å². The van der Waals surface area contributed by atoms with Crippen molar-refractivity contribution in [3.05, 3.63) is 28.8 Å². The van der Waals surface area contributed by atoms with Gasteiger partial charge in [0.15, 0.2) is 0 Å². The molecule has 0 saturated heterocycles. The average molecular weight is 277 g/mol. The zero-order valence-electron chi connectivity index (χ0n) is 14.0. The monoisotopic (exact) mass is 277 g/mol. The quantitative estimate of drug-likeness (QED) is 0.830. The zero-order valence-corrected chi connectivity index (χ0v) is 14.0. The van der Waals surface area contributed by atoms with E-state index in [0.29, 0.717) is 5.75 Å². The SMILES string of the molecule is CNC(=O)Oc1cc(C(C)(C)C)c(C)c(C(C)(C)C)c1. The van der Waals surface area contributed by atoms with E-state index < -0.39 is 6.09 Å². The molecule has 0 unspecified atom stereocenters. The summed E-state index contributed by atoms with van der Waals surface area (Å²) < 4.78 is 5.34. The van der Waals surface area contributed by atoms with Crippen LogP contribution in [0.2, 0.25) is 0 Å². The first kappa shape index (κ1) is 16.5. The maximum atomic E-state index is 11.5. The minimum absolute atomic E-state index is 0.00610. The zero-order chi connectivity index (χ0) is 15.7. The lowest BCUT2D eigenvalue weighted by Gasteiger charge is -2.29. The molecule has 1 N–H and O–H groups in total. The molecule has 3 heteroatoms. The molecule has 1 rings (SSSR count). The van der Waals surface area contributed by atoms with Gasteiger partial charge in [-0.05, 0) is 46.6 Å². The summed E-state index contributed by atoms with van der Waals surface area (Å²) in [7, 11) is 1.56. The number of rotatable bonds is 1. The third kappa shape index (κ3) is 3.75. The fraction of sp³-hybridized carbons (Fsp3) is 0.588. The Bertz CT molecular complexity index is 470. The standard InChI is InChI=1S/C17H27NO2/c1-11-13(16(2,3)4)9-12(20-15(19)18-8)10-14(11)17(5,6)7/h9-10H,1-8H3,(H,18,19). The lowest BCUT2D eigenvalue weighted by Crippen LogP contribution is -2.24. The number of hydrogen-bond donors (Lipinski definition) is 1. The van der Waals surface area contributed by atoms with Gasteiger partial charge in [0.25, 0.3) is 0 Å². The van der Waals surface area contributed by atoms with Gasteiger partial charge < -0.3 is 10.1 Å². The Kier molecular flexibility index (Phi) is 4.52. The van der Waals surface area contributed by atoms with Crippen molar-refractivity contribution in [2.75, 3.05) is 7.05 Å². The second-order valence-corrected chi connectivity index (χ2v) is 7.28. The van der Waals surface area contributed by atoms with E-state index in [1.54, 1.807) is 7.05 Å². The Morgan fingerprint density at radius 3 is 1.70 bits per heavy atom. The van der Waals surface area contributed by atoms with Gasteiger partial charge in [0.2, 0.25) is 0 Å². The van der Waals surface area contributed by atoms with Gasteiger partial charge in [0, 0.05) is 7.05 Å². The van der Waals surface area contributed by atoms with Crippen molar-refractivity contribution >= 4 is 6.09 Å². The molecule has 1 aromatic rings. The largest absolute Gasteiger partial charge is 0.412 e. The second-order valence-electron chi connectivity index (χ2n) is 7.28. The van der Waals surface area contributed by atoms with Crippen LogP contribution < -0.4 is 10.1 Å². The number of nitrogens with one attached hydrogen (secondary N) is 1. The van der Waals surface area contributed by atoms with Gasteiger partial charge >= 0.3 is 6.09 Å². The van der Waals surface area contributed by atoms with E-state index in [1.807, 2.05) is 12.1 Å². The van der Waals surface area contributed by atoms with Crippen LogP contribution in [-0.2, 0) is 10.8 Å². The molecule has 0 bridgehead atoms. The summed E-state index contributed by atoms with van der Waals surface area (Å²) in [5, 5.41) is 2.48. The number of ether oxygens (including phenoxy) is 1. The minimum Gasteiger partial charge on any atom is -0.410 e. The maximum absolute atomic E-state index is 11.5. The van der Waals surface area contributed by atoms with E-state index in [4.69, 9.17) is 4.74 Å². The predicted octanol–water partition coefficient (Wildman–Crippen LogP) is 4.31. The van der Waals surface area contributed by atoms with Crippen molar-refractivity contribution in [3.8, 4) is 5.75 Å². The molecule has 20 heavy (non-hydrogen) atoms. The first-order valence-electron chi connectivity index (χ1n) is 7.02. The van der Waals surface area contributed by atoms with Crippen molar-refractivity contribution in [2.45, 2.75) is 59.3 Å². The Morgan fingerprint density at radius 2 is 1.40 bits per heavy atom. The fourth-order valence-corrected chi connectivity index (χ4v) is 2.46. The van der Waals surface area contributed by atoms with E-state index in [-0.39, 0.29) is 10.8 Å². The summed E-state index contributed by atoms with van der Waals surface area (Å²) in [6, 6.07) is 3.94. The van der Waals surface area contributed by atoms with E-state index in [2.05, 4.69) is 53.8 Å². The first-order valence-corrected chi connectivity index (χ1v) is 7.02. The maximum Gasteiger partial charge on any atom is 0.412 e. The van der Waals surface area contributed by atoms with Gasteiger partial charge in [-0.3, -0.25) is 0 Å². The van der Waals surface area contributed by atoms with Crippen molar-refractivity contribution < 1.29 is 9.53 Å². The highest BCUT2D eigenvalue weighted by atomic mass is 16.5. The molecule has 0 atom stereocenters. The van der Waals surface area contributed by atoms with Crippen LogP contribution in [0.3, 0.4) is 0 Å². The number of carbonyl (C=O) groups excluding carboxylic acids is 1. The van der Waals surface area contributed by atoms with Crippen LogP contribution in [0, 0.1) is 6.92 Å². The molecular weight excluding hydrogens is 250 g/mol. The third-order valence-electron chi connectivity index (χ3n) is 3.41. The molecule has 0 aliphatic rings. The molecule has 0 fully saturated rings. The smallest absolute Gasteiger partial charge is 0.410 e. The average Bonchev–Trinajstić information content (AvgIpc) is 2.28. The van der Waals surface area contributed by atoms with Crippen LogP contribution >= 0.6 is 0 Å². The lowest BCUT2D eigenvalue weighted by atomic mass is 9.76. The van der Waals surface area contributed by atoms with Crippen molar-refractivity contribution in [3.63, 3.8) is 0 Å². The summed E-state index contributed by atoms with van der Waals surface area (Å²) in [5.41, 5.74) is 3.71. The normalized spacial score (nSPS) is 12.2.